The quantitative estimate of drug-likeness (QED) is 0.837. The van der Waals surface area contributed by atoms with Crippen molar-refractivity contribution in [3.05, 3.63) is 47.7 Å². The van der Waals surface area contributed by atoms with Crippen LogP contribution in [0.25, 0.3) is 0 Å². The first-order valence-corrected chi connectivity index (χ1v) is 6.53. The van der Waals surface area contributed by atoms with Crippen molar-refractivity contribution >= 4 is 6.09 Å². The van der Waals surface area contributed by atoms with Gasteiger partial charge in [-0.1, -0.05) is 30.3 Å². The van der Waals surface area contributed by atoms with Gasteiger partial charge in [-0.05, 0) is 18.1 Å². The summed E-state index contributed by atoms with van der Waals surface area (Å²) < 4.78 is 10.5. The Balaban J connectivity index is 1.91. The van der Waals surface area contributed by atoms with Crippen LogP contribution in [0.4, 0.5) is 4.79 Å². The van der Waals surface area contributed by atoms with Gasteiger partial charge in [-0.3, -0.25) is 0 Å². The van der Waals surface area contributed by atoms with Crippen LogP contribution in [0.2, 0.25) is 0 Å². The van der Waals surface area contributed by atoms with Crippen LogP contribution in [0.3, 0.4) is 0 Å². The Hall–Kier alpha value is -1.97. The monoisotopic (exact) mass is 259 g/mol. The lowest BCUT2D eigenvalue weighted by molar-refractivity contribution is 0.142. The number of amides is 1. The number of hydrogen-bond acceptors (Lipinski definition) is 3. The molecule has 1 fully saturated rings. The smallest absolute Gasteiger partial charge is 0.410 e. The van der Waals surface area contributed by atoms with Crippen molar-refractivity contribution in [1.29, 1.82) is 0 Å². The zero-order valence-electron chi connectivity index (χ0n) is 10.9. The SMILES string of the molecule is COC1=CC[C@H](N2CCOC2=O)[C@H]1c1ccccc1. The van der Waals surface area contributed by atoms with Crippen molar-refractivity contribution in [2.24, 2.45) is 0 Å². The molecule has 0 spiro atoms. The minimum Gasteiger partial charge on any atom is -0.501 e. The number of carbonyl (C=O) groups excluding carboxylic acids is 1. The predicted molar refractivity (Wildman–Crippen MR) is 70.7 cm³/mol. The summed E-state index contributed by atoms with van der Waals surface area (Å²) in [5.74, 6) is 1.05. The third-order valence-electron chi connectivity index (χ3n) is 3.84. The molecule has 1 aliphatic carbocycles. The van der Waals surface area contributed by atoms with Crippen LogP contribution in [0, 0.1) is 0 Å². The number of ether oxygens (including phenoxy) is 2. The molecule has 1 aromatic rings. The highest BCUT2D eigenvalue weighted by Crippen LogP contribution is 2.39. The second-order valence-electron chi connectivity index (χ2n) is 4.81. The number of nitrogens with zero attached hydrogens (tertiary/aromatic N) is 1. The first-order valence-electron chi connectivity index (χ1n) is 6.53. The molecule has 19 heavy (non-hydrogen) atoms. The second kappa shape index (κ2) is 4.96. The molecule has 0 radical (unpaired) electrons. The van der Waals surface area contributed by atoms with Gasteiger partial charge in [0.2, 0.25) is 0 Å². The van der Waals surface area contributed by atoms with Crippen LogP contribution in [0.15, 0.2) is 42.2 Å². The number of carbonyl (C=O) groups is 1. The van der Waals surface area contributed by atoms with Gasteiger partial charge < -0.3 is 14.4 Å². The van der Waals surface area contributed by atoms with E-state index in [0.717, 1.165) is 12.2 Å². The zero-order valence-corrected chi connectivity index (χ0v) is 10.9. The highest BCUT2D eigenvalue weighted by Gasteiger charge is 2.40. The van der Waals surface area contributed by atoms with Gasteiger partial charge in [0, 0.05) is 0 Å². The van der Waals surface area contributed by atoms with E-state index in [1.54, 1.807) is 7.11 Å². The Kier molecular flexibility index (Phi) is 3.15. The molecular weight excluding hydrogens is 242 g/mol. The van der Waals surface area contributed by atoms with Gasteiger partial charge in [0.05, 0.1) is 25.6 Å². The van der Waals surface area contributed by atoms with Crippen LogP contribution < -0.4 is 0 Å². The standard InChI is InChI=1S/C15H17NO3/c1-18-13-8-7-12(16-9-10-19-15(16)17)14(13)11-5-3-2-4-6-11/h2-6,8,12,14H,7,9-10H2,1H3/t12-,14+/m0/s1. The maximum atomic E-state index is 11.8. The molecule has 0 bridgehead atoms. The molecule has 4 nitrogen and oxygen atoms in total. The molecule has 1 amide bonds. The van der Waals surface area contributed by atoms with Gasteiger partial charge in [0.15, 0.2) is 0 Å². The summed E-state index contributed by atoms with van der Waals surface area (Å²) in [4.78, 5) is 13.6. The Labute approximate surface area is 112 Å². The molecule has 4 heteroatoms. The largest absolute Gasteiger partial charge is 0.501 e. The van der Waals surface area contributed by atoms with E-state index < -0.39 is 0 Å². The Morgan fingerprint density at radius 3 is 2.74 bits per heavy atom. The fourth-order valence-electron chi connectivity index (χ4n) is 2.96. The number of methoxy groups -OCH3 is 1. The molecule has 0 aromatic heterocycles. The molecule has 0 saturated carbocycles. The lowest BCUT2D eigenvalue weighted by Gasteiger charge is -2.29. The molecule has 2 aliphatic rings. The Bertz CT molecular complexity index is 497. The van der Waals surface area contributed by atoms with E-state index in [1.165, 1.54) is 5.56 Å². The lowest BCUT2D eigenvalue weighted by atomic mass is 9.92. The summed E-state index contributed by atoms with van der Waals surface area (Å²) in [6.07, 6.45) is 2.68. The van der Waals surface area contributed by atoms with Crippen LogP contribution in [0.5, 0.6) is 0 Å². The average molecular weight is 259 g/mol. The number of hydrogen-bond donors (Lipinski definition) is 0. The van der Waals surface area contributed by atoms with E-state index in [0.29, 0.717) is 13.2 Å². The Morgan fingerprint density at radius 2 is 2.11 bits per heavy atom. The predicted octanol–water partition coefficient (Wildman–Crippen LogP) is 2.53. The van der Waals surface area contributed by atoms with E-state index in [4.69, 9.17) is 9.47 Å². The minimum absolute atomic E-state index is 0.104. The molecule has 0 N–H and O–H groups in total. The fraction of sp³-hybridized carbons (Fsp3) is 0.400. The topological polar surface area (TPSA) is 38.8 Å². The van der Waals surface area contributed by atoms with E-state index in [1.807, 2.05) is 23.1 Å². The van der Waals surface area contributed by atoms with Crippen LogP contribution in [0.1, 0.15) is 17.9 Å². The summed E-state index contributed by atoms with van der Waals surface area (Å²) in [7, 11) is 1.69. The summed E-state index contributed by atoms with van der Waals surface area (Å²) in [5.41, 5.74) is 1.18. The van der Waals surface area contributed by atoms with Crippen molar-refractivity contribution in [2.45, 2.75) is 18.4 Å². The minimum atomic E-state index is -0.211. The third kappa shape index (κ3) is 2.07. The summed E-state index contributed by atoms with van der Waals surface area (Å²) in [6, 6.07) is 10.3. The normalized spacial score (nSPS) is 26.3. The van der Waals surface area contributed by atoms with Crippen molar-refractivity contribution < 1.29 is 14.3 Å². The van der Waals surface area contributed by atoms with Crippen molar-refractivity contribution in [3.8, 4) is 0 Å². The molecule has 100 valence electrons. The fourth-order valence-corrected chi connectivity index (χ4v) is 2.96. The van der Waals surface area contributed by atoms with E-state index in [9.17, 15) is 4.79 Å². The second-order valence-corrected chi connectivity index (χ2v) is 4.81. The third-order valence-corrected chi connectivity index (χ3v) is 3.84. The van der Waals surface area contributed by atoms with Gasteiger partial charge in [-0.2, -0.15) is 0 Å². The zero-order chi connectivity index (χ0) is 13.2. The van der Waals surface area contributed by atoms with Crippen molar-refractivity contribution in [3.63, 3.8) is 0 Å². The number of benzene rings is 1. The van der Waals surface area contributed by atoms with Gasteiger partial charge in [-0.15, -0.1) is 0 Å². The first-order chi connectivity index (χ1) is 9.31. The van der Waals surface area contributed by atoms with Crippen molar-refractivity contribution in [1.82, 2.24) is 4.90 Å². The molecule has 2 atom stereocenters. The van der Waals surface area contributed by atoms with Crippen LogP contribution >= 0.6 is 0 Å². The van der Waals surface area contributed by atoms with Gasteiger partial charge >= 0.3 is 6.09 Å². The summed E-state index contributed by atoms with van der Waals surface area (Å²) in [5, 5.41) is 0. The van der Waals surface area contributed by atoms with Gasteiger partial charge in [0.25, 0.3) is 0 Å². The lowest BCUT2D eigenvalue weighted by Crippen LogP contribution is -2.38. The summed E-state index contributed by atoms with van der Waals surface area (Å²) >= 11 is 0. The Morgan fingerprint density at radius 1 is 1.32 bits per heavy atom. The number of rotatable bonds is 3. The first kappa shape index (κ1) is 12.1. The number of cyclic esters (lactones) is 1. The van der Waals surface area contributed by atoms with E-state index >= 15 is 0 Å². The maximum Gasteiger partial charge on any atom is 0.410 e. The highest BCUT2D eigenvalue weighted by molar-refractivity contribution is 5.70. The molecule has 1 aliphatic heterocycles. The van der Waals surface area contributed by atoms with Crippen LogP contribution in [-0.4, -0.2) is 37.3 Å². The maximum absolute atomic E-state index is 11.8. The highest BCUT2D eigenvalue weighted by atomic mass is 16.6. The van der Waals surface area contributed by atoms with Crippen molar-refractivity contribution in [2.75, 3.05) is 20.3 Å². The van der Waals surface area contributed by atoms with Gasteiger partial charge in [-0.25, -0.2) is 4.79 Å². The average Bonchev–Trinajstić information content (AvgIpc) is 3.05. The van der Waals surface area contributed by atoms with E-state index in [-0.39, 0.29) is 18.1 Å². The van der Waals surface area contributed by atoms with E-state index in [2.05, 4.69) is 18.2 Å². The van der Waals surface area contributed by atoms with Gasteiger partial charge in [0.1, 0.15) is 12.4 Å². The molecule has 1 aromatic carbocycles. The molecular formula is C15H17NO3. The van der Waals surface area contributed by atoms with Crippen LogP contribution in [-0.2, 0) is 9.47 Å². The molecule has 3 rings (SSSR count). The summed E-state index contributed by atoms with van der Waals surface area (Å²) in [6.45, 7) is 1.15. The molecule has 1 saturated heterocycles. The molecule has 1 heterocycles. The molecule has 0 unspecified atom stereocenters.